The van der Waals surface area contributed by atoms with Crippen LogP contribution in [0.25, 0.3) is 11.4 Å². The van der Waals surface area contributed by atoms with E-state index in [0.29, 0.717) is 27.0 Å². The molecule has 1 aromatic heterocycles. The van der Waals surface area contributed by atoms with Gasteiger partial charge in [-0.1, -0.05) is 36.7 Å². The molecule has 1 saturated carbocycles. The van der Waals surface area contributed by atoms with Gasteiger partial charge < -0.3 is 4.98 Å². The van der Waals surface area contributed by atoms with E-state index in [0.717, 1.165) is 5.69 Å². The number of nitrogens with zero attached hydrogens (tertiary/aromatic N) is 1. The maximum Gasteiger partial charge on any atom is 0.140 e. The Kier molecular flexibility index (Phi) is 3.85. The van der Waals surface area contributed by atoms with Crippen LogP contribution < -0.4 is 0 Å². The van der Waals surface area contributed by atoms with E-state index in [1.54, 1.807) is 6.07 Å². The Hall–Kier alpha value is -1.26. The van der Waals surface area contributed by atoms with Gasteiger partial charge in [0.2, 0.25) is 0 Å². The average molecular weight is 309 g/mol. The Bertz CT molecular complexity index is 693. The van der Waals surface area contributed by atoms with E-state index in [2.05, 4.69) is 9.97 Å². The van der Waals surface area contributed by atoms with Gasteiger partial charge in [0.25, 0.3) is 0 Å². The van der Waals surface area contributed by atoms with Crippen LogP contribution in [0.4, 0.5) is 4.39 Å². The van der Waals surface area contributed by atoms with Crippen LogP contribution in [0.2, 0.25) is 5.02 Å². The number of rotatable bonds is 2. The van der Waals surface area contributed by atoms with Gasteiger partial charge in [0.1, 0.15) is 16.3 Å². The molecule has 0 spiro atoms. The van der Waals surface area contributed by atoms with Crippen LogP contribution >= 0.6 is 23.8 Å². The number of hydrogen-bond donors (Lipinski definition) is 1. The monoisotopic (exact) mass is 308 g/mol. The van der Waals surface area contributed by atoms with Crippen LogP contribution in [0.3, 0.4) is 0 Å². The number of aromatic nitrogens is 2. The summed E-state index contributed by atoms with van der Waals surface area (Å²) in [5, 5.41) is 0.340. The maximum atomic E-state index is 13.1. The van der Waals surface area contributed by atoms with Crippen molar-refractivity contribution in [1.29, 1.82) is 0 Å². The van der Waals surface area contributed by atoms with Crippen molar-refractivity contribution in [1.82, 2.24) is 9.97 Å². The van der Waals surface area contributed by atoms with E-state index in [1.807, 2.05) is 6.07 Å². The van der Waals surface area contributed by atoms with Crippen molar-refractivity contribution in [2.24, 2.45) is 0 Å². The molecule has 0 atom stereocenters. The van der Waals surface area contributed by atoms with Crippen LogP contribution in [0.5, 0.6) is 0 Å². The molecule has 1 fully saturated rings. The van der Waals surface area contributed by atoms with E-state index in [9.17, 15) is 4.39 Å². The highest BCUT2D eigenvalue weighted by molar-refractivity contribution is 7.71. The van der Waals surface area contributed by atoms with Crippen molar-refractivity contribution in [2.75, 3.05) is 0 Å². The third kappa shape index (κ3) is 2.76. The molecule has 1 aliphatic rings. The van der Waals surface area contributed by atoms with Crippen LogP contribution in [0, 0.1) is 10.5 Å². The molecule has 0 aliphatic heterocycles. The molecule has 1 heterocycles. The minimum absolute atomic E-state index is 0.340. The summed E-state index contributed by atoms with van der Waals surface area (Å²) in [6.45, 7) is 0. The number of halogens is 2. The van der Waals surface area contributed by atoms with Crippen molar-refractivity contribution in [3.8, 4) is 11.4 Å². The lowest BCUT2D eigenvalue weighted by molar-refractivity contribution is 0.628. The van der Waals surface area contributed by atoms with Gasteiger partial charge in [-0.2, -0.15) is 0 Å². The fourth-order valence-electron chi connectivity index (χ4n) is 2.74. The summed E-state index contributed by atoms with van der Waals surface area (Å²) in [6, 6.07) is 6.22. The van der Waals surface area contributed by atoms with Gasteiger partial charge >= 0.3 is 0 Å². The predicted molar refractivity (Wildman–Crippen MR) is 81.0 cm³/mol. The minimum atomic E-state index is -0.357. The smallest absolute Gasteiger partial charge is 0.140 e. The Balaban J connectivity index is 2.07. The number of H-pyrrole nitrogens is 1. The van der Waals surface area contributed by atoms with Crippen molar-refractivity contribution < 1.29 is 4.39 Å². The first-order valence-electron chi connectivity index (χ1n) is 6.70. The second kappa shape index (κ2) is 5.62. The van der Waals surface area contributed by atoms with E-state index in [-0.39, 0.29) is 5.82 Å². The van der Waals surface area contributed by atoms with E-state index in [4.69, 9.17) is 23.8 Å². The lowest BCUT2D eigenvalue weighted by Crippen LogP contribution is -2.00. The molecule has 2 nitrogen and oxygen atoms in total. The van der Waals surface area contributed by atoms with Gasteiger partial charge in [-0.25, -0.2) is 9.37 Å². The quantitative estimate of drug-likeness (QED) is 0.767. The fraction of sp³-hybridized carbons (Fsp3) is 0.333. The largest absolute Gasteiger partial charge is 0.343 e. The van der Waals surface area contributed by atoms with E-state index in [1.165, 1.54) is 37.8 Å². The first-order valence-corrected chi connectivity index (χ1v) is 7.49. The zero-order chi connectivity index (χ0) is 14.1. The minimum Gasteiger partial charge on any atom is -0.343 e. The van der Waals surface area contributed by atoms with Gasteiger partial charge in [-0.15, -0.1) is 0 Å². The number of nitrogens with one attached hydrogen (secondary N) is 1. The summed E-state index contributed by atoms with van der Waals surface area (Å²) >= 11 is 11.3. The zero-order valence-electron chi connectivity index (χ0n) is 10.8. The first-order chi connectivity index (χ1) is 9.63. The molecule has 20 heavy (non-hydrogen) atoms. The highest BCUT2D eigenvalue weighted by Crippen LogP contribution is 2.34. The summed E-state index contributed by atoms with van der Waals surface area (Å²) in [4.78, 5) is 7.64. The highest BCUT2D eigenvalue weighted by atomic mass is 35.5. The topological polar surface area (TPSA) is 28.7 Å². The Morgan fingerprint density at radius 2 is 2.00 bits per heavy atom. The Morgan fingerprint density at radius 1 is 1.25 bits per heavy atom. The molecule has 0 bridgehead atoms. The Morgan fingerprint density at radius 3 is 2.70 bits per heavy atom. The molecule has 1 aliphatic carbocycles. The van der Waals surface area contributed by atoms with Gasteiger partial charge in [-0.05, 0) is 43.0 Å². The van der Waals surface area contributed by atoms with Gasteiger partial charge in [-0.3, -0.25) is 0 Å². The standard InChI is InChI=1S/C15H14ClFN2S/c16-12-7-10(17)5-6-11(12)15-18-13(8-14(20)19-15)9-3-1-2-4-9/h5-9H,1-4H2,(H,18,19,20). The molecule has 1 aromatic carbocycles. The van der Waals surface area contributed by atoms with Crippen molar-refractivity contribution in [3.05, 3.63) is 45.4 Å². The highest BCUT2D eigenvalue weighted by Gasteiger charge is 2.19. The molecule has 3 rings (SSSR count). The molecule has 2 aromatic rings. The number of hydrogen-bond acceptors (Lipinski definition) is 2. The van der Waals surface area contributed by atoms with Crippen LogP contribution in [-0.4, -0.2) is 9.97 Å². The van der Waals surface area contributed by atoms with Gasteiger partial charge in [0, 0.05) is 11.3 Å². The number of benzene rings is 1. The fourth-order valence-corrected chi connectivity index (χ4v) is 3.22. The van der Waals surface area contributed by atoms with Gasteiger partial charge in [0.15, 0.2) is 0 Å². The summed E-state index contributed by atoms with van der Waals surface area (Å²) in [5.74, 6) is 0.770. The first kappa shape index (κ1) is 13.7. The average Bonchev–Trinajstić information content (AvgIpc) is 2.91. The van der Waals surface area contributed by atoms with E-state index >= 15 is 0 Å². The lowest BCUT2D eigenvalue weighted by atomic mass is 10.0. The SMILES string of the molecule is Fc1ccc(-c2nc(=S)cc(C3CCCC3)[nH]2)c(Cl)c1. The normalized spacial score (nSPS) is 15.7. The summed E-state index contributed by atoms with van der Waals surface area (Å²) in [6.07, 6.45) is 4.85. The zero-order valence-corrected chi connectivity index (χ0v) is 12.4. The van der Waals surface area contributed by atoms with E-state index < -0.39 is 0 Å². The molecule has 1 N–H and O–H groups in total. The second-order valence-electron chi connectivity index (χ2n) is 5.13. The van der Waals surface area contributed by atoms with Gasteiger partial charge in [0.05, 0.1) is 5.02 Å². The molecule has 0 amide bonds. The van der Waals surface area contributed by atoms with Crippen LogP contribution in [0.15, 0.2) is 24.3 Å². The summed E-state index contributed by atoms with van der Waals surface area (Å²) in [5.41, 5.74) is 1.79. The summed E-state index contributed by atoms with van der Waals surface area (Å²) < 4.78 is 13.7. The third-order valence-electron chi connectivity index (χ3n) is 3.74. The molecule has 0 radical (unpaired) electrons. The van der Waals surface area contributed by atoms with Crippen molar-refractivity contribution in [3.63, 3.8) is 0 Å². The van der Waals surface area contributed by atoms with Crippen molar-refractivity contribution in [2.45, 2.75) is 31.6 Å². The second-order valence-corrected chi connectivity index (χ2v) is 5.95. The molecule has 5 heteroatoms. The molecule has 0 saturated heterocycles. The van der Waals surface area contributed by atoms with Crippen molar-refractivity contribution >= 4 is 23.8 Å². The van der Waals surface area contributed by atoms with Crippen LogP contribution in [0.1, 0.15) is 37.3 Å². The lowest BCUT2D eigenvalue weighted by Gasteiger charge is -2.12. The molecular formula is C15H14ClFN2S. The number of aromatic amines is 1. The predicted octanol–water partition coefficient (Wildman–Crippen LogP) is 5.26. The summed E-state index contributed by atoms with van der Waals surface area (Å²) in [7, 11) is 0. The Labute approximate surface area is 127 Å². The maximum absolute atomic E-state index is 13.1. The molecule has 104 valence electrons. The molecule has 0 unspecified atom stereocenters. The van der Waals surface area contributed by atoms with Crippen LogP contribution in [-0.2, 0) is 0 Å². The molecular weight excluding hydrogens is 295 g/mol. The third-order valence-corrected chi connectivity index (χ3v) is 4.27.